The molecule has 2 unspecified atom stereocenters. The van der Waals surface area contributed by atoms with Gasteiger partial charge in [-0.2, -0.15) is 0 Å². The van der Waals surface area contributed by atoms with Gasteiger partial charge >= 0.3 is 0 Å². The molecule has 4 aliphatic carbocycles. The van der Waals surface area contributed by atoms with E-state index in [4.69, 9.17) is 0 Å². The van der Waals surface area contributed by atoms with Crippen molar-refractivity contribution < 1.29 is 0 Å². The highest BCUT2D eigenvalue weighted by molar-refractivity contribution is 6.00. The molecule has 59 heavy (non-hydrogen) atoms. The minimum absolute atomic E-state index is 0.0981. The topological polar surface area (TPSA) is 6.48 Å². The number of allylic oxidation sites excluding steroid dienone is 5. The Hall–Kier alpha value is -6.64. The van der Waals surface area contributed by atoms with E-state index in [0.29, 0.717) is 0 Å². The Balaban J connectivity index is 1.08. The molecule has 0 radical (unpaired) electrons. The molecule has 2 nitrogen and oxygen atoms in total. The fourth-order valence-corrected chi connectivity index (χ4v) is 10.7. The first-order valence-electron chi connectivity index (χ1n) is 21.1. The summed E-state index contributed by atoms with van der Waals surface area (Å²) in [5, 5.41) is 2.46. The van der Waals surface area contributed by atoms with Crippen LogP contribution in [0, 0.1) is 12.8 Å². The molecular formula is C57H48N2. The minimum atomic E-state index is -0.110. The van der Waals surface area contributed by atoms with Crippen LogP contribution in [0.1, 0.15) is 55.5 Å². The molecule has 286 valence electrons. The molecule has 0 saturated carbocycles. The summed E-state index contributed by atoms with van der Waals surface area (Å²) >= 11 is 0. The zero-order chi connectivity index (χ0) is 40.0. The summed E-state index contributed by atoms with van der Waals surface area (Å²) in [5.41, 5.74) is 19.1. The molecule has 4 aliphatic rings. The summed E-state index contributed by atoms with van der Waals surface area (Å²) in [4.78, 5) is 5.08. The summed E-state index contributed by atoms with van der Waals surface area (Å²) in [7, 11) is 0. The van der Waals surface area contributed by atoms with Crippen molar-refractivity contribution in [3.63, 3.8) is 0 Å². The number of hydrogen-bond acceptors (Lipinski definition) is 2. The SMILES string of the molecule is Cc1cc(N(c2ccc3c(c2)C(C)(C)c2ccccc2-3)C2C=CC=C3C=CC=CC32)ccc1N(c1ccc2c(c1)C(C)(C)c1ccccc1-2)c1cccc2ccccc12. The van der Waals surface area contributed by atoms with Crippen molar-refractivity contribution in [3.8, 4) is 22.3 Å². The van der Waals surface area contributed by atoms with Crippen LogP contribution in [-0.4, -0.2) is 6.04 Å². The van der Waals surface area contributed by atoms with Crippen LogP contribution < -0.4 is 9.80 Å². The average molecular weight is 761 g/mol. The fourth-order valence-electron chi connectivity index (χ4n) is 10.7. The number of hydrogen-bond donors (Lipinski definition) is 0. The molecule has 2 heteroatoms. The number of rotatable bonds is 6. The Kier molecular flexibility index (Phi) is 7.94. The summed E-state index contributed by atoms with van der Waals surface area (Å²) in [6, 6.07) is 54.9. The van der Waals surface area contributed by atoms with Crippen LogP contribution in [0.4, 0.5) is 28.4 Å². The Bertz CT molecular complexity index is 2980. The van der Waals surface area contributed by atoms with E-state index < -0.39 is 0 Å². The number of aryl methyl sites for hydroxylation is 1. The third-order valence-electron chi connectivity index (χ3n) is 13.7. The van der Waals surface area contributed by atoms with Gasteiger partial charge in [0.2, 0.25) is 0 Å². The van der Waals surface area contributed by atoms with Crippen LogP contribution in [0.25, 0.3) is 33.0 Å². The molecular weight excluding hydrogens is 713 g/mol. The van der Waals surface area contributed by atoms with Gasteiger partial charge in [0.15, 0.2) is 0 Å². The zero-order valence-corrected chi connectivity index (χ0v) is 34.4. The summed E-state index contributed by atoms with van der Waals surface area (Å²) in [6.45, 7) is 11.8. The lowest BCUT2D eigenvalue weighted by Crippen LogP contribution is -2.37. The van der Waals surface area contributed by atoms with E-state index in [1.165, 1.54) is 94.9 Å². The van der Waals surface area contributed by atoms with Gasteiger partial charge in [-0.15, -0.1) is 0 Å². The first-order valence-corrected chi connectivity index (χ1v) is 21.1. The predicted molar refractivity (Wildman–Crippen MR) is 250 cm³/mol. The molecule has 11 rings (SSSR count). The van der Waals surface area contributed by atoms with Gasteiger partial charge in [0.1, 0.15) is 0 Å². The summed E-state index contributed by atoms with van der Waals surface area (Å²) in [6.07, 6.45) is 15.9. The highest BCUT2D eigenvalue weighted by Gasteiger charge is 2.38. The number of fused-ring (bicyclic) bond motifs is 8. The van der Waals surface area contributed by atoms with E-state index in [1.54, 1.807) is 0 Å². The highest BCUT2D eigenvalue weighted by atomic mass is 15.2. The van der Waals surface area contributed by atoms with Crippen LogP contribution in [0.5, 0.6) is 0 Å². The fraction of sp³-hybridized carbons (Fsp3) is 0.158. The van der Waals surface area contributed by atoms with Crippen LogP contribution in [-0.2, 0) is 10.8 Å². The van der Waals surface area contributed by atoms with Crippen molar-refractivity contribution in [3.05, 3.63) is 222 Å². The first kappa shape index (κ1) is 35.5. The van der Waals surface area contributed by atoms with Gasteiger partial charge in [-0.1, -0.05) is 167 Å². The second-order valence-electron chi connectivity index (χ2n) is 17.8. The van der Waals surface area contributed by atoms with Crippen molar-refractivity contribution in [1.82, 2.24) is 0 Å². The standard InChI is InChI=1S/C57H48N2/c1-37-34-40(58(54-26-14-18-38-16-6-8-20-43(38)54)41-28-31-47-45-22-10-12-24-49(45)56(2,3)51(47)35-41)30-33-53(37)59(55-27-15-19-39-17-7-9-21-44(39)55)42-29-32-48-46-23-11-13-25-50(46)57(4,5)52(48)36-42/h6-36,43,54H,1-5H3. The molecule has 0 heterocycles. The van der Waals surface area contributed by atoms with E-state index in [1.807, 2.05) is 0 Å². The van der Waals surface area contributed by atoms with Crippen LogP contribution in [0.3, 0.4) is 0 Å². The maximum atomic E-state index is 2.59. The van der Waals surface area contributed by atoms with Crippen molar-refractivity contribution in [2.75, 3.05) is 9.80 Å². The van der Waals surface area contributed by atoms with Gasteiger partial charge in [0, 0.05) is 44.9 Å². The van der Waals surface area contributed by atoms with Gasteiger partial charge in [-0.05, 0) is 116 Å². The van der Waals surface area contributed by atoms with Crippen LogP contribution in [0.15, 0.2) is 194 Å². The van der Waals surface area contributed by atoms with Gasteiger partial charge in [-0.25, -0.2) is 0 Å². The maximum Gasteiger partial charge on any atom is 0.0628 e. The molecule has 7 aromatic carbocycles. The summed E-state index contributed by atoms with van der Waals surface area (Å²) in [5.74, 6) is 0.231. The molecule has 0 spiro atoms. The van der Waals surface area contributed by atoms with Gasteiger partial charge in [0.25, 0.3) is 0 Å². The lowest BCUT2D eigenvalue weighted by Gasteiger charge is -2.39. The smallest absolute Gasteiger partial charge is 0.0628 e. The van der Waals surface area contributed by atoms with E-state index >= 15 is 0 Å². The second-order valence-corrected chi connectivity index (χ2v) is 17.8. The maximum absolute atomic E-state index is 2.59. The van der Waals surface area contributed by atoms with Gasteiger partial charge < -0.3 is 9.80 Å². The second kappa shape index (κ2) is 13.2. The largest absolute Gasteiger partial charge is 0.334 e. The molecule has 0 aromatic heterocycles. The van der Waals surface area contributed by atoms with Crippen molar-refractivity contribution in [2.24, 2.45) is 5.92 Å². The molecule has 0 fully saturated rings. The quantitative estimate of drug-likeness (QED) is 0.167. The third-order valence-corrected chi connectivity index (χ3v) is 13.7. The molecule has 2 atom stereocenters. The lowest BCUT2D eigenvalue weighted by molar-refractivity contribution is 0.636. The monoisotopic (exact) mass is 760 g/mol. The van der Waals surface area contributed by atoms with Gasteiger partial charge in [-0.3, -0.25) is 0 Å². The highest BCUT2D eigenvalue weighted by Crippen LogP contribution is 2.53. The van der Waals surface area contributed by atoms with Crippen molar-refractivity contribution in [2.45, 2.75) is 51.5 Å². The van der Waals surface area contributed by atoms with Crippen LogP contribution in [0.2, 0.25) is 0 Å². The lowest BCUT2D eigenvalue weighted by atomic mass is 9.81. The normalized spacial score (nSPS) is 18.4. The molecule has 0 aliphatic heterocycles. The predicted octanol–water partition coefficient (Wildman–Crippen LogP) is 15.0. The molecule has 0 saturated heterocycles. The third kappa shape index (κ3) is 5.39. The minimum Gasteiger partial charge on any atom is -0.334 e. The van der Waals surface area contributed by atoms with E-state index in [0.717, 1.165) is 0 Å². The van der Waals surface area contributed by atoms with E-state index in [-0.39, 0.29) is 22.8 Å². The van der Waals surface area contributed by atoms with Crippen molar-refractivity contribution >= 4 is 39.2 Å². The number of anilines is 5. The Morgan fingerprint density at radius 2 is 1.07 bits per heavy atom. The van der Waals surface area contributed by atoms with E-state index in [9.17, 15) is 0 Å². The molecule has 7 aromatic rings. The Morgan fingerprint density at radius 1 is 0.475 bits per heavy atom. The Morgan fingerprint density at radius 3 is 1.80 bits per heavy atom. The molecule has 0 amide bonds. The number of benzene rings is 7. The van der Waals surface area contributed by atoms with Crippen LogP contribution >= 0.6 is 0 Å². The molecule has 0 N–H and O–H groups in total. The average Bonchev–Trinajstić information content (AvgIpc) is 3.64. The first-order chi connectivity index (χ1) is 28.7. The Labute approximate surface area is 348 Å². The molecule has 0 bridgehead atoms. The van der Waals surface area contributed by atoms with Gasteiger partial charge in [0.05, 0.1) is 11.7 Å². The van der Waals surface area contributed by atoms with E-state index in [2.05, 4.69) is 233 Å². The van der Waals surface area contributed by atoms with Crippen molar-refractivity contribution in [1.29, 1.82) is 0 Å². The zero-order valence-electron chi connectivity index (χ0n) is 34.4. The summed E-state index contributed by atoms with van der Waals surface area (Å²) < 4.78 is 0. The number of nitrogens with zero attached hydrogens (tertiary/aromatic N) is 2.